The summed E-state index contributed by atoms with van der Waals surface area (Å²) in [5.74, 6) is 0.829. The molecule has 4 rings (SSSR count). The van der Waals surface area contributed by atoms with E-state index in [1.54, 1.807) is 0 Å². The Morgan fingerprint density at radius 1 is 1.31 bits per heavy atom. The highest BCUT2D eigenvalue weighted by atomic mass is 16.5. The number of urea groups is 1. The van der Waals surface area contributed by atoms with Crippen LogP contribution in [0, 0.1) is 5.92 Å². The Hall–Kier alpha value is -1.97. The van der Waals surface area contributed by atoms with E-state index >= 15 is 0 Å². The molecule has 3 aliphatic rings. The first-order chi connectivity index (χ1) is 15.5. The predicted octanol–water partition coefficient (Wildman–Crippen LogP) is 0.990. The summed E-state index contributed by atoms with van der Waals surface area (Å²) in [6, 6.07) is 0.676. The highest BCUT2D eigenvalue weighted by Gasteiger charge is 2.40. The molecule has 0 spiro atoms. The van der Waals surface area contributed by atoms with Gasteiger partial charge in [0.1, 0.15) is 0 Å². The molecule has 2 fully saturated rings. The quantitative estimate of drug-likeness (QED) is 0.674. The van der Waals surface area contributed by atoms with Crippen LogP contribution in [0.3, 0.4) is 0 Å². The van der Waals surface area contributed by atoms with Gasteiger partial charge >= 0.3 is 6.03 Å². The van der Waals surface area contributed by atoms with Gasteiger partial charge in [-0.1, -0.05) is 6.92 Å². The number of fused-ring (bicyclic) bond motifs is 2. The third kappa shape index (κ3) is 5.68. The van der Waals surface area contributed by atoms with Crippen LogP contribution in [0.15, 0.2) is 6.20 Å². The third-order valence-corrected chi connectivity index (χ3v) is 7.16. The van der Waals surface area contributed by atoms with Gasteiger partial charge in [0.2, 0.25) is 5.95 Å². The number of nitrogens with zero attached hydrogens (tertiary/aromatic N) is 5. The number of rotatable bonds is 6. The number of likely N-dealkylation sites (N-methyl/N-ethyl adjacent to an activating group) is 1. The summed E-state index contributed by atoms with van der Waals surface area (Å²) < 4.78 is 5.53. The molecule has 32 heavy (non-hydrogen) atoms. The van der Waals surface area contributed by atoms with Gasteiger partial charge in [0.15, 0.2) is 0 Å². The zero-order chi connectivity index (χ0) is 22.5. The van der Waals surface area contributed by atoms with Gasteiger partial charge in [0.25, 0.3) is 0 Å². The fraction of sp³-hybridized carbons (Fsp3) is 0.783. The van der Waals surface area contributed by atoms with Gasteiger partial charge in [-0.05, 0) is 50.1 Å². The van der Waals surface area contributed by atoms with E-state index in [0.29, 0.717) is 17.9 Å². The van der Waals surface area contributed by atoms with Crippen LogP contribution >= 0.6 is 0 Å². The van der Waals surface area contributed by atoms with Gasteiger partial charge in [0, 0.05) is 70.4 Å². The maximum atomic E-state index is 12.9. The second-order valence-corrected chi connectivity index (χ2v) is 9.54. The largest absolute Gasteiger partial charge is 0.380 e. The van der Waals surface area contributed by atoms with Crippen LogP contribution in [0.1, 0.15) is 37.4 Å². The second-order valence-electron chi connectivity index (χ2n) is 9.54. The number of nitrogens with two attached hydrogens (primary N) is 1. The molecule has 0 saturated carbocycles. The summed E-state index contributed by atoms with van der Waals surface area (Å²) in [5, 5.41) is 3.32. The van der Waals surface area contributed by atoms with Crippen molar-refractivity contribution in [3.8, 4) is 0 Å². The van der Waals surface area contributed by atoms with E-state index < -0.39 is 0 Å². The van der Waals surface area contributed by atoms with Gasteiger partial charge < -0.3 is 20.7 Å². The van der Waals surface area contributed by atoms with E-state index in [1.165, 1.54) is 5.56 Å². The predicted molar refractivity (Wildman–Crippen MR) is 124 cm³/mol. The molecule has 3 atom stereocenters. The first-order valence-electron chi connectivity index (χ1n) is 12.2. The molecule has 0 bridgehead atoms. The lowest BCUT2D eigenvalue weighted by molar-refractivity contribution is 0.0627. The van der Waals surface area contributed by atoms with Gasteiger partial charge in [-0.2, -0.15) is 0 Å². The Labute approximate surface area is 191 Å². The lowest BCUT2D eigenvalue weighted by atomic mass is 9.76. The maximum Gasteiger partial charge on any atom is 0.317 e. The van der Waals surface area contributed by atoms with E-state index in [-0.39, 0.29) is 12.1 Å². The maximum absolute atomic E-state index is 12.9. The lowest BCUT2D eigenvalue weighted by Gasteiger charge is -2.47. The lowest BCUT2D eigenvalue weighted by Crippen LogP contribution is -2.59. The molecule has 9 nitrogen and oxygen atoms in total. The van der Waals surface area contributed by atoms with Crippen molar-refractivity contribution in [1.82, 2.24) is 30.0 Å². The first-order valence-corrected chi connectivity index (χ1v) is 12.2. The highest BCUT2D eigenvalue weighted by molar-refractivity contribution is 5.74. The molecule has 3 heterocycles. The number of ether oxygens (including phenoxy) is 1. The van der Waals surface area contributed by atoms with E-state index in [4.69, 9.17) is 10.5 Å². The van der Waals surface area contributed by atoms with E-state index in [2.05, 4.69) is 32.0 Å². The number of hydrogen-bond donors (Lipinski definition) is 2. The molecule has 0 radical (unpaired) electrons. The number of likely N-dealkylation sites (tertiary alicyclic amines) is 1. The SMILES string of the molecule is CCCN1C[C@@H](NC(=O)N(C)CCN2CCCOCC2)C[C@@H]2Cc3nc(N)ncc3C[C@H]21. The molecule has 1 aromatic rings. The van der Waals surface area contributed by atoms with Crippen molar-refractivity contribution in [2.24, 2.45) is 5.92 Å². The number of hydrogen-bond acceptors (Lipinski definition) is 7. The zero-order valence-corrected chi connectivity index (χ0v) is 19.6. The summed E-state index contributed by atoms with van der Waals surface area (Å²) in [5.41, 5.74) is 8.15. The number of aromatic nitrogens is 2. The third-order valence-electron chi connectivity index (χ3n) is 7.16. The Balaban J connectivity index is 1.34. The number of nitrogens with one attached hydrogen (secondary N) is 1. The topological polar surface area (TPSA) is 99.9 Å². The van der Waals surface area contributed by atoms with Crippen molar-refractivity contribution in [1.29, 1.82) is 0 Å². The van der Waals surface area contributed by atoms with E-state index in [9.17, 15) is 4.79 Å². The number of carbonyl (C=O) groups excluding carboxylic acids is 1. The molecule has 0 aromatic carbocycles. The molecule has 2 amide bonds. The van der Waals surface area contributed by atoms with Crippen LogP contribution in [-0.4, -0.2) is 102 Å². The molecule has 0 unspecified atom stereocenters. The molecule has 3 N–H and O–H groups in total. The molecule has 2 aliphatic heterocycles. The summed E-state index contributed by atoms with van der Waals surface area (Å²) >= 11 is 0. The average Bonchev–Trinajstić information content (AvgIpc) is 3.05. The molecule has 1 aliphatic carbocycles. The Bertz CT molecular complexity index is 769. The Morgan fingerprint density at radius 2 is 2.19 bits per heavy atom. The van der Waals surface area contributed by atoms with Crippen LogP contribution < -0.4 is 11.1 Å². The van der Waals surface area contributed by atoms with E-state index in [0.717, 1.165) is 90.3 Å². The van der Waals surface area contributed by atoms with Crippen LogP contribution in [0.25, 0.3) is 0 Å². The smallest absolute Gasteiger partial charge is 0.317 e. The van der Waals surface area contributed by atoms with Crippen LogP contribution in [-0.2, 0) is 17.6 Å². The zero-order valence-electron chi connectivity index (χ0n) is 19.6. The fourth-order valence-corrected chi connectivity index (χ4v) is 5.46. The standard InChI is InChI=1S/C23H39N7O2/c1-3-5-30-16-19(12-17-13-20-18(14-21(17)30)15-25-22(24)27-20)26-23(31)28(2)7-8-29-6-4-10-32-11-9-29/h15,17,19,21H,3-14,16H2,1-2H3,(H,26,31)(H2,24,25,27)/t17-,19+,21-/m1/s1. The van der Waals surface area contributed by atoms with Gasteiger partial charge in [-0.25, -0.2) is 14.8 Å². The fourth-order valence-electron chi connectivity index (χ4n) is 5.46. The minimum Gasteiger partial charge on any atom is -0.380 e. The Kier molecular flexibility index (Phi) is 7.80. The van der Waals surface area contributed by atoms with Crippen molar-refractivity contribution in [3.05, 3.63) is 17.5 Å². The van der Waals surface area contributed by atoms with Crippen molar-refractivity contribution in [2.75, 3.05) is 65.3 Å². The molecular weight excluding hydrogens is 406 g/mol. The number of amides is 2. The van der Waals surface area contributed by atoms with Crippen molar-refractivity contribution in [2.45, 2.75) is 51.1 Å². The van der Waals surface area contributed by atoms with Crippen molar-refractivity contribution in [3.63, 3.8) is 0 Å². The van der Waals surface area contributed by atoms with Crippen molar-refractivity contribution >= 4 is 12.0 Å². The van der Waals surface area contributed by atoms with Gasteiger partial charge in [-0.15, -0.1) is 0 Å². The van der Waals surface area contributed by atoms with Crippen LogP contribution in [0.4, 0.5) is 10.7 Å². The molecular formula is C23H39N7O2. The summed E-state index contributed by atoms with van der Waals surface area (Å²) in [4.78, 5) is 28.4. The molecule has 9 heteroatoms. The Morgan fingerprint density at radius 3 is 3.03 bits per heavy atom. The summed E-state index contributed by atoms with van der Waals surface area (Å²) in [6.45, 7) is 9.41. The number of nitrogen functional groups attached to an aromatic ring is 1. The van der Waals surface area contributed by atoms with Gasteiger partial charge in [0.05, 0.1) is 6.61 Å². The van der Waals surface area contributed by atoms with Crippen molar-refractivity contribution < 1.29 is 9.53 Å². The van der Waals surface area contributed by atoms with E-state index in [1.807, 2.05) is 18.1 Å². The average molecular weight is 446 g/mol. The van der Waals surface area contributed by atoms with Crippen LogP contribution in [0.2, 0.25) is 0 Å². The minimum absolute atomic E-state index is 0.0266. The first kappa shape index (κ1) is 23.2. The number of piperidine rings is 1. The molecule has 1 aromatic heterocycles. The van der Waals surface area contributed by atoms with Crippen LogP contribution in [0.5, 0.6) is 0 Å². The molecule has 178 valence electrons. The molecule has 2 saturated heterocycles. The minimum atomic E-state index is 0.0266. The second kappa shape index (κ2) is 10.8. The normalized spacial score (nSPS) is 26.6. The number of anilines is 1. The highest BCUT2D eigenvalue weighted by Crippen LogP contribution is 2.34. The summed E-state index contributed by atoms with van der Waals surface area (Å²) in [6.07, 6.45) is 6.93. The monoisotopic (exact) mass is 445 g/mol. The number of carbonyl (C=O) groups is 1. The summed E-state index contributed by atoms with van der Waals surface area (Å²) in [7, 11) is 1.90. The van der Waals surface area contributed by atoms with Gasteiger partial charge in [-0.3, -0.25) is 9.80 Å².